The summed E-state index contributed by atoms with van der Waals surface area (Å²) in [4.78, 5) is 18.5. The Labute approximate surface area is 133 Å². The lowest BCUT2D eigenvalue weighted by molar-refractivity contribution is -0.138. The fraction of sp³-hybridized carbons (Fsp3) is 0.400. The molecule has 1 amide bonds. The van der Waals surface area contributed by atoms with Gasteiger partial charge in [-0.15, -0.1) is 0 Å². The highest BCUT2D eigenvalue weighted by molar-refractivity contribution is 6.31. The molecule has 1 saturated heterocycles. The van der Waals surface area contributed by atoms with Crippen LogP contribution in [0.4, 0.5) is 0 Å². The normalized spacial score (nSPS) is 18.5. The van der Waals surface area contributed by atoms with Crippen LogP contribution in [0.2, 0.25) is 5.02 Å². The summed E-state index contributed by atoms with van der Waals surface area (Å²) in [6.45, 7) is 3.34. The molecule has 0 aliphatic carbocycles. The number of aromatic nitrogens is 3. The molecule has 22 heavy (non-hydrogen) atoms. The van der Waals surface area contributed by atoms with Crippen LogP contribution >= 0.6 is 11.6 Å². The highest BCUT2D eigenvalue weighted by atomic mass is 35.5. The van der Waals surface area contributed by atoms with Crippen molar-refractivity contribution in [1.29, 1.82) is 0 Å². The van der Waals surface area contributed by atoms with Crippen molar-refractivity contribution in [3.8, 4) is 0 Å². The number of halogens is 1. The lowest BCUT2D eigenvalue weighted by Crippen LogP contribution is -2.43. The van der Waals surface area contributed by atoms with Gasteiger partial charge in [0.2, 0.25) is 5.91 Å². The Kier molecular flexibility index (Phi) is 4.40. The van der Waals surface area contributed by atoms with E-state index in [-0.39, 0.29) is 12.0 Å². The number of hydrogen-bond acceptors (Lipinski definition) is 4. The van der Waals surface area contributed by atoms with Crippen molar-refractivity contribution in [3.05, 3.63) is 46.5 Å². The maximum Gasteiger partial charge on any atom is 0.227 e. The number of morpholine rings is 1. The first-order valence-electron chi connectivity index (χ1n) is 7.15. The van der Waals surface area contributed by atoms with Gasteiger partial charge in [-0.1, -0.05) is 29.8 Å². The Morgan fingerprint density at radius 1 is 1.50 bits per heavy atom. The number of carbonyl (C=O) groups is 1. The summed E-state index contributed by atoms with van der Waals surface area (Å²) >= 11 is 6.11. The third-order valence-corrected chi connectivity index (χ3v) is 3.99. The minimum Gasteiger partial charge on any atom is -0.366 e. The van der Waals surface area contributed by atoms with Gasteiger partial charge in [0, 0.05) is 11.6 Å². The molecule has 0 saturated carbocycles. The Morgan fingerprint density at radius 2 is 2.32 bits per heavy atom. The molecule has 2 aromatic rings. The lowest BCUT2D eigenvalue weighted by atomic mass is 10.1. The van der Waals surface area contributed by atoms with E-state index in [0.717, 1.165) is 11.4 Å². The smallest absolute Gasteiger partial charge is 0.227 e. The highest BCUT2D eigenvalue weighted by Gasteiger charge is 2.28. The summed E-state index contributed by atoms with van der Waals surface area (Å²) in [5.74, 6) is 1.36. The Balaban J connectivity index is 1.66. The van der Waals surface area contributed by atoms with Crippen molar-refractivity contribution in [2.24, 2.45) is 0 Å². The van der Waals surface area contributed by atoms with E-state index >= 15 is 0 Å². The van der Waals surface area contributed by atoms with E-state index in [1.807, 2.05) is 25.1 Å². The molecule has 0 bridgehead atoms. The molecule has 2 heterocycles. The fourth-order valence-corrected chi connectivity index (χ4v) is 2.66. The number of amides is 1. The zero-order valence-corrected chi connectivity index (χ0v) is 13.0. The lowest BCUT2D eigenvalue weighted by Gasteiger charge is -2.31. The molecule has 1 aromatic heterocycles. The summed E-state index contributed by atoms with van der Waals surface area (Å²) in [5.41, 5.74) is 0.839. The number of rotatable bonds is 3. The molecule has 0 spiro atoms. The molecule has 1 atom stereocenters. The number of aromatic amines is 1. The third-order valence-electron chi connectivity index (χ3n) is 3.62. The average Bonchev–Trinajstić information content (AvgIpc) is 2.96. The van der Waals surface area contributed by atoms with Crippen molar-refractivity contribution in [2.75, 3.05) is 19.7 Å². The van der Waals surface area contributed by atoms with Gasteiger partial charge in [-0.2, -0.15) is 5.10 Å². The molecule has 1 unspecified atom stereocenters. The number of aryl methyl sites for hydroxylation is 1. The van der Waals surface area contributed by atoms with Gasteiger partial charge in [-0.3, -0.25) is 9.89 Å². The van der Waals surface area contributed by atoms with Crippen molar-refractivity contribution in [1.82, 2.24) is 20.1 Å². The molecule has 6 nitrogen and oxygen atoms in total. The van der Waals surface area contributed by atoms with Gasteiger partial charge in [0.1, 0.15) is 11.9 Å². The first kappa shape index (κ1) is 15.0. The Morgan fingerprint density at radius 3 is 3.05 bits per heavy atom. The minimum absolute atomic E-state index is 0.0358. The Bertz CT molecular complexity index is 673. The van der Waals surface area contributed by atoms with E-state index in [0.29, 0.717) is 37.0 Å². The SMILES string of the molecule is Cc1nc(C2CN(C(=O)Cc3ccccc3Cl)CCO2)n[nH]1. The average molecular weight is 321 g/mol. The molecule has 1 aromatic carbocycles. The molecule has 0 radical (unpaired) electrons. The zero-order chi connectivity index (χ0) is 15.5. The molecule has 1 aliphatic heterocycles. The number of ether oxygens (including phenoxy) is 1. The number of nitrogens with one attached hydrogen (secondary N) is 1. The van der Waals surface area contributed by atoms with Crippen LogP contribution in [0.15, 0.2) is 24.3 Å². The second kappa shape index (κ2) is 6.46. The van der Waals surface area contributed by atoms with Gasteiger partial charge in [0.15, 0.2) is 5.82 Å². The van der Waals surface area contributed by atoms with Gasteiger partial charge >= 0.3 is 0 Å². The molecular weight excluding hydrogens is 304 g/mol. The minimum atomic E-state index is -0.283. The van der Waals surface area contributed by atoms with E-state index in [1.165, 1.54) is 0 Å². The van der Waals surface area contributed by atoms with E-state index in [1.54, 1.807) is 11.0 Å². The first-order valence-corrected chi connectivity index (χ1v) is 7.53. The van der Waals surface area contributed by atoms with E-state index in [4.69, 9.17) is 16.3 Å². The molecule has 3 rings (SSSR count). The maximum absolute atomic E-state index is 12.5. The molecule has 1 aliphatic rings. The third kappa shape index (κ3) is 3.28. The molecule has 7 heteroatoms. The van der Waals surface area contributed by atoms with Gasteiger partial charge in [-0.05, 0) is 18.6 Å². The molecule has 1 fully saturated rings. The second-order valence-electron chi connectivity index (χ2n) is 5.25. The molecular formula is C15H17ClN4O2. The summed E-state index contributed by atoms with van der Waals surface area (Å²) in [6, 6.07) is 7.40. The fourth-order valence-electron chi connectivity index (χ4n) is 2.45. The quantitative estimate of drug-likeness (QED) is 0.937. The van der Waals surface area contributed by atoms with Gasteiger partial charge < -0.3 is 9.64 Å². The van der Waals surface area contributed by atoms with Crippen LogP contribution in [0.25, 0.3) is 0 Å². The van der Waals surface area contributed by atoms with Gasteiger partial charge in [-0.25, -0.2) is 4.98 Å². The predicted molar refractivity (Wildman–Crippen MR) is 81.5 cm³/mol. The standard InChI is InChI=1S/C15H17ClN4O2/c1-10-17-15(19-18-10)13-9-20(6-7-22-13)14(21)8-11-4-2-3-5-12(11)16/h2-5,13H,6-9H2,1H3,(H,17,18,19). The van der Waals surface area contributed by atoms with Crippen LogP contribution < -0.4 is 0 Å². The molecule has 1 N–H and O–H groups in total. The van der Waals surface area contributed by atoms with Crippen LogP contribution in [0.5, 0.6) is 0 Å². The summed E-state index contributed by atoms with van der Waals surface area (Å²) in [7, 11) is 0. The number of hydrogen-bond donors (Lipinski definition) is 1. The zero-order valence-electron chi connectivity index (χ0n) is 12.3. The summed E-state index contributed by atoms with van der Waals surface area (Å²) in [5, 5.41) is 7.52. The van der Waals surface area contributed by atoms with Crippen molar-refractivity contribution >= 4 is 17.5 Å². The van der Waals surface area contributed by atoms with Crippen LogP contribution in [0, 0.1) is 6.92 Å². The van der Waals surface area contributed by atoms with Crippen molar-refractivity contribution in [3.63, 3.8) is 0 Å². The van der Waals surface area contributed by atoms with E-state index in [9.17, 15) is 4.79 Å². The summed E-state index contributed by atoms with van der Waals surface area (Å²) in [6.07, 6.45) is 0.00766. The number of nitrogens with zero attached hydrogens (tertiary/aromatic N) is 3. The number of benzene rings is 1. The van der Waals surface area contributed by atoms with Gasteiger partial charge in [0.25, 0.3) is 0 Å². The van der Waals surface area contributed by atoms with Crippen LogP contribution in [0.3, 0.4) is 0 Å². The van der Waals surface area contributed by atoms with Crippen LogP contribution in [-0.2, 0) is 16.0 Å². The number of carbonyl (C=O) groups excluding carboxylic acids is 1. The van der Waals surface area contributed by atoms with Crippen molar-refractivity contribution < 1.29 is 9.53 Å². The summed E-state index contributed by atoms with van der Waals surface area (Å²) < 4.78 is 5.67. The highest BCUT2D eigenvalue weighted by Crippen LogP contribution is 2.21. The Hall–Kier alpha value is -1.92. The molecule has 116 valence electrons. The first-order chi connectivity index (χ1) is 10.6. The van der Waals surface area contributed by atoms with Crippen LogP contribution in [0.1, 0.15) is 23.3 Å². The van der Waals surface area contributed by atoms with E-state index in [2.05, 4.69) is 15.2 Å². The maximum atomic E-state index is 12.5. The van der Waals surface area contributed by atoms with Gasteiger partial charge in [0.05, 0.1) is 19.6 Å². The second-order valence-corrected chi connectivity index (χ2v) is 5.65. The largest absolute Gasteiger partial charge is 0.366 e. The predicted octanol–water partition coefficient (Wildman–Crippen LogP) is 1.91. The van der Waals surface area contributed by atoms with Crippen molar-refractivity contribution in [2.45, 2.75) is 19.4 Å². The van der Waals surface area contributed by atoms with E-state index < -0.39 is 0 Å². The monoisotopic (exact) mass is 320 g/mol. The topological polar surface area (TPSA) is 71.1 Å². The van der Waals surface area contributed by atoms with Crippen LogP contribution in [-0.4, -0.2) is 45.7 Å². The number of H-pyrrole nitrogens is 1.